The van der Waals surface area contributed by atoms with Crippen molar-refractivity contribution >= 4 is 16.1 Å². The van der Waals surface area contributed by atoms with Crippen LogP contribution in [0, 0.1) is 17.8 Å². The molecule has 0 radical (unpaired) electrons. The maximum absolute atomic E-state index is 12.3. The Kier molecular flexibility index (Phi) is 3.67. The molecule has 2 saturated carbocycles. The van der Waals surface area contributed by atoms with Crippen LogP contribution in [0.4, 0.5) is 0 Å². The zero-order valence-electron chi connectivity index (χ0n) is 12.4. The molecule has 0 amide bonds. The van der Waals surface area contributed by atoms with Gasteiger partial charge in [-0.15, -0.1) is 0 Å². The molecule has 7 nitrogen and oxygen atoms in total. The van der Waals surface area contributed by atoms with Crippen LogP contribution in [0.15, 0.2) is 0 Å². The first-order valence-electron chi connectivity index (χ1n) is 8.06. The molecule has 1 N–H and O–H groups in total. The lowest BCUT2D eigenvalue weighted by Crippen LogP contribution is -3.14. The van der Waals surface area contributed by atoms with Gasteiger partial charge in [0.15, 0.2) is 0 Å². The van der Waals surface area contributed by atoms with Crippen LogP contribution < -0.4 is 4.90 Å². The van der Waals surface area contributed by atoms with Crippen molar-refractivity contribution < 1.29 is 31.8 Å². The van der Waals surface area contributed by atoms with Crippen LogP contribution in [-0.4, -0.2) is 65.2 Å². The van der Waals surface area contributed by atoms with Gasteiger partial charge in [-0.1, -0.05) is 0 Å². The average molecular weight is 332 g/mol. The van der Waals surface area contributed by atoms with E-state index in [-0.39, 0.29) is 23.1 Å². The molecule has 124 valence electrons. The Morgan fingerprint density at radius 2 is 2.00 bits per heavy atom. The van der Waals surface area contributed by atoms with Crippen LogP contribution in [0.25, 0.3) is 0 Å². The molecule has 5 unspecified atom stereocenters. The second-order valence-corrected chi connectivity index (χ2v) is 8.58. The lowest BCUT2D eigenvalue weighted by molar-refractivity contribution is -0.908. The van der Waals surface area contributed by atoms with Crippen molar-refractivity contribution in [1.29, 1.82) is 0 Å². The minimum atomic E-state index is -3.46. The van der Waals surface area contributed by atoms with Gasteiger partial charge in [0.05, 0.1) is 30.5 Å². The molecule has 4 fully saturated rings. The molecule has 4 rings (SSSR count). The fraction of sp³-hybridized carbons (Fsp3) is 0.929. The summed E-state index contributed by atoms with van der Waals surface area (Å²) in [5.74, 6) is -0.558. The third-order valence-electron chi connectivity index (χ3n) is 5.66. The van der Waals surface area contributed by atoms with Gasteiger partial charge in [0.2, 0.25) is 0 Å². The molecule has 2 aliphatic heterocycles. The van der Waals surface area contributed by atoms with Crippen LogP contribution in [-0.2, 0) is 28.6 Å². The normalized spacial score (nSPS) is 42.6. The van der Waals surface area contributed by atoms with Crippen LogP contribution in [0.3, 0.4) is 0 Å². The predicted octanol–water partition coefficient (Wildman–Crippen LogP) is -1.80. The van der Waals surface area contributed by atoms with Crippen molar-refractivity contribution in [2.75, 3.05) is 39.5 Å². The van der Waals surface area contributed by atoms with Gasteiger partial charge in [-0.2, -0.15) is 8.42 Å². The van der Waals surface area contributed by atoms with Gasteiger partial charge in [-0.25, -0.2) is 0 Å². The highest BCUT2D eigenvalue weighted by Crippen LogP contribution is 2.57. The third-order valence-corrected chi connectivity index (χ3v) is 7.43. The number of ether oxygens (including phenoxy) is 2. The Morgan fingerprint density at radius 3 is 2.77 bits per heavy atom. The lowest BCUT2D eigenvalue weighted by atomic mass is 9.86. The van der Waals surface area contributed by atoms with Crippen LogP contribution in [0.1, 0.15) is 12.8 Å². The topological polar surface area (TPSA) is 83.3 Å². The first kappa shape index (κ1) is 14.9. The number of carbonyl (C=O) groups excluding carboxylic acids is 1. The van der Waals surface area contributed by atoms with Crippen molar-refractivity contribution in [3.05, 3.63) is 0 Å². The molecule has 0 aromatic heterocycles. The number of nitrogens with one attached hydrogen (secondary N) is 1. The Morgan fingerprint density at radius 1 is 1.23 bits per heavy atom. The number of hydrogen-bond donors (Lipinski definition) is 1. The summed E-state index contributed by atoms with van der Waals surface area (Å²) < 4.78 is 39.7. The Bertz CT molecular complexity index is 558. The summed E-state index contributed by atoms with van der Waals surface area (Å²) in [5, 5.41) is -0.385. The number of fused-ring (bicyclic) bond motifs is 1. The van der Waals surface area contributed by atoms with Gasteiger partial charge in [0.25, 0.3) is 10.1 Å². The molecule has 2 bridgehead atoms. The molecule has 2 saturated heterocycles. The fourth-order valence-electron chi connectivity index (χ4n) is 4.56. The molecule has 0 aromatic carbocycles. The Hall–Kier alpha value is -0.700. The Balaban J connectivity index is 1.32. The summed E-state index contributed by atoms with van der Waals surface area (Å²) in [6.07, 6.45) is 0.859. The van der Waals surface area contributed by atoms with E-state index in [9.17, 15) is 13.2 Å². The monoisotopic (exact) mass is 332 g/mol. The summed E-state index contributed by atoms with van der Waals surface area (Å²) in [6, 6.07) is 0. The molecule has 0 aromatic rings. The summed E-state index contributed by atoms with van der Waals surface area (Å²) in [7, 11) is -3.46. The second kappa shape index (κ2) is 5.43. The van der Waals surface area contributed by atoms with Crippen molar-refractivity contribution in [1.82, 2.24) is 0 Å². The largest absolute Gasteiger partial charge is 0.459 e. The first-order valence-corrected chi connectivity index (χ1v) is 9.53. The van der Waals surface area contributed by atoms with Crippen molar-refractivity contribution in [2.24, 2.45) is 17.8 Å². The maximum atomic E-state index is 12.3. The number of rotatable bonds is 4. The molecule has 22 heavy (non-hydrogen) atoms. The summed E-state index contributed by atoms with van der Waals surface area (Å²) >= 11 is 0. The number of quaternary nitrogens is 1. The van der Waals surface area contributed by atoms with Gasteiger partial charge in [-0.05, 0) is 18.8 Å². The van der Waals surface area contributed by atoms with Crippen LogP contribution >= 0.6 is 0 Å². The number of hydrogen-bond acceptors (Lipinski definition) is 6. The van der Waals surface area contributed by atoms with E-state index in [0.29, 0.717) is 13.0 Å². The minimum Gasteiger partial charge on any atom is -0.459 e. The summed E-state index contributed by atoms with van der Waals surface area (Å²) in [6.45, 7) is 4.55. The molecule has 2 aliphatic carbocycles. The minimum absolute atomic E-state index is 0.00239. The van der Waals surface area contributed by atoms with Gasteiger partial charge >= 0.3 is 5.97 Å². The van der Waals surface area contributed by atoms with E-state index in [2.05, 4.69) is 0 Å². The molecule has 0 spiro atoms. The quantitative estimate of drug-likeness (QED) is 0.483. The highest BCUT2D eigenvalue weighted by molar-refractivity contribution is 7.87. The van der Waals surface area contributed by atoms with Gasteiger partial charge in [-0.3, -0.25) is 8.98 Å². The van der Waals surface area contributed by atoms with E-state index in [4.69, 9.17) is 13.7 Å². The molecular formula is C14H22NO6S+. The van der Waals surface area contributed by atoms with Crippen molar-refractivity contribution in [2.45, 2.75) is 24.2 Å². The molecular weight excluding hydrogens is 310 g/mol. The highest BCUT2D eigenvalue weighted by Gasteiger charge is 2.66. The summed E-state index contributed by atoms with van der Waals surface area (Å²) in [4.78, 5) is 13.7. The number of esters is 1. The standard InChI is InChI=1S/C14H21NO6S/c16-14(20-6-3-15-1-4-19-5-2-15)12-9-7-10-11(8-9)22(17,18)21-13(10)12/h9-13H,1-8H2/p+1. The molecule has 5 atom stereocenters. The first-order chi connectivity index (χ1) is 10.6. The molecule has 8 heteroatoms. The fourth-order valence-corrected chi connectivity index (χ4v) is 6.45. The smallest absolute Gasteiger partial charge is 0.312 e. The highest BCUT2D eigenvalue weighted by atomic mass is 32.2. The van der Waals surface area contributed by atoms with Gasteiger partial charge in [0.1, 0.15) is 26.2 Å². The van der Waals surface area contributed by atoms with Crippen molar-refractivity contribution in [3.63, 3.8) is 0 Å². The average Bonchev–Trinajstić information content (AvgIpc) is 3.10. The van der Waals surface area contributed by atoms with E-state index < -0.39 is 22.1 Å². The van der Waals surface area contributed by atoms with E-state index in [1.165, 1.54) is 4.90 Å². The maximum Gasteiger partial charge on any atom is 0.312 e. The van der Waals surface area contributed by atoms with Gasteiger partial charge < -0.3 is 14.4 Å². The van der Waals surface area contributed by atoms with E-state index >= 15 is 0 Å². The number of carbonyl (C=O) groups is 1. The van der Waals surface area contributed by atoms with Crippen LogP contribution in [0.2, 0.25) is 0 Å². The molecule has 2 heterocycles. The predicted molar refractivity (Wildman–Crippen MR) is 74.6 cm³/mol. The summed E-state index contributed by atoms with van der Waals surface area (Å²) in [5.41, 5.74) is 0. The van der Waals surface area contributed by atoms with E-state index in [1.807, 2.05) is 0 Å². The lowest BCUT2D eigenvalue weighted by Gasteiger charge is -2.25. The molecule has 4 aliphatic rings. The zero-order valence-corrected chi connectivity index (χ0v) is 13.2. The van der Waals surface area contributed by atoms with E-state index in [0.717, 1.165) is 39.3 Å². The van der Waals surface area contributed by atoms with Crippen molar-refractivity contribution in [3.8, 4) is 0 Å². The second-order valence-electron chi connectivity index (χ2n) is 6.79. The number of morpholine rings is 1. The van der Waals surface area contributed by atoms with E-state index in [1.54, 1.807) is 0 Å². The van der Waals surface area contributed by atoms with Crippen LogP contribution in [0.5, 0.6) is 0 Å². The Labute approximate surface area is 130 Å². The SMILES string of the molecule is O=C(OCC[NH+]1CCOCC1)C1C2CC3C1OS(=O)(=O)C3C2. The third kappa shape index (κ3) is 2.36. The zero-order chi connectivity index (χ0) is 15.3. The van der Waals surface area contributed by atoms with Gasteiger partial charge in [0, 0.05) is 5.92 Å².